The van der Waals surface area contributed by atoms with E-state index < -0.39 is 6.04 Å². The highest BCUT2D eigenvalue weighted by molar-refractivity contribution is 5.81. The summed E-state index contributed by atoms with van der Waals surface area (Å²) in [5, 5.41) is 15.8. The fourth-order valence-electron chi connectivity index (χ4n) is 3.39. The normalized spacial score (nSPS) is 14.3. The van der Waals surface area contributed by atoms with Crippen LogP contribution in [0.15, 0.2) is 42.5 Å². The number of anilines is 1. The lowest BCUT2D eigenvalue weighted by Crippen LogP contribution is -2.34. The molecule has 2 N–H and O–H groups in total. The molecule has 0 heterocycles. The van der Waals surface area contributed by atoms with E-state index in [1.165, 1.54) is 19.3 Å². The standard InChI is InChI=1S/C24H29N3O3/c1-3-29-22-13-18(16-26-20-6-5-7-20)12-19(14-22)23(24(28)30-4-2)27-21-10-8-17(15-25)9-11-21/h8-14,20,23,26-27H,3-7,16H2,1-2H3. The maximum absolute atomic E-state index is 12.8. The van der Waals surface area contributed by atoms with Crippen LogP contribution in [-0.4, -0.2) is 25.2 Å². The van der Waals surface area contributed by atoms with Crippen LogP contribution in [-0.2, 0) is 16.1 Å². The summed E-state index contributed by atoms with van der Waals surface area (Å²) in [5.74, 6) is 0.379. The summed E-state index contributed by atoms with van der Waals surface area (Å²) < 4.78 is 11.1. The zero-order valence-electron chi connectivity index (χ0n) is 17.6. The number of hydrogen-bond donors (Lipinski definition) is 2. The highest BCUT2D eigenvalue weighted by Gasteiger charge is 2.24. The Bertz CT molecular complexity index is 886. The first-order valence-electron chi connectivity index (χ1n) is 10.6. The highest BCUT2D eigenvalue weighted by Crippen LogP contribution is 2.27. The third kappa shape index (κ3) is 5.74. The molecule has 1 aliphatic carbocycles. The van der Waals surface area contributed by atoms with Crippen molar-refractivity contribution in [2.24, 2.45) is 0 Å². The first-order valence-corrected chi connectivity index (χ1v) is 10.6. The molecular weight excluding hydrogens is 378 g/mol. The van der Waals surface area contributed by atoms with Crippen molar-refractivity contribution in [2.45, 2.75) is 51.7 Å². The number of nitrogens with one attached hydrogen (secondary N) is 2. The maximum Gasteiger partial charge on any atom is 0.333 e. The van der Waals surface area contributed by atoms with Gasteiger partial charge in [-0.25, -0.2) is 4.79 Å². The van der Waals surface area contributed by atoms with Crippen molar-refractivity contribution in [1.82, 2.24) is 5.32 Å². The molecule has 0 saturated heterocycles. The van der Waals surface area contributed by atoms with Crippen molar-refractivity contribution in [3.63, 3.8) is 0 Å². The number of carbonyl (C=O) groups is 1. The van der Waals surface area contributed by atoms with E-state index in [-0.39, 0.29) is 5.97 Å². The molecule has 6 heteroatoms. The van der Waals surface area contributed by atoms with Crippen LogP contribution in [0, 0.1) is 11.3 Å². The van der Waals surface area contributed by atoms with Crippen LogP contribution >= 0.6 is 0 Å². The maximum atomic E-state index is 12.8. The SMILES string of the molecule is CCOC(=O)C(Nc1ccc(C#N)cc1)c1cc(CNC2CCC2)cc(OCC)c1. The molecule has 30 heavy (non-hydrogen) atoms. The average molecular weight is 408 g/mol. The van der Waals surface area contributed by atoms with E-state index in [0.29, 0.717) is 24.8 Å². The van der Waals surface area contributed by atoms with Gasteiger partial charge in [0.25, 0.3) is 0 Å². The molecule has 0 aliphatic heterocycles. The fourth-order valence-corrected chi connectivity index (χ4v) is 3.39. The molecule has 0 amide bonds. The van der Waals surface area contributed by atoms with E-state index in [0.717, 1.165) is 29.1 Å². The molecule has 0 radical (unpaired) electrons. The minimum atomic E-state index is -0.680. The van der Waals surface area contributed by atoms with Crippen molar-refractivity contribution >= 4 is 11.7 Å². The molecule has 6 nitrogen and oxygen atoms in total. The van der Waals surface area contributed by atoms with Gasteiger partial charge in [-0.15, -0.1) is 0 Å². The number of nitriles is 1. The van der Waals surface area contributed by atoms with Gasteiger partial charge in [-0.3, -0.25) is 0 Å². The number of carbonyl (C=O) groups excluding carboxylic acids is 1. The lowest BCUT2D eigenvalue weighted by molar-refractivity contribution is -0.144. The summed E-state index contributed by atoms with van der Waals surface area (Å²) in [6, 6.07) is 14.9. The molecule has 3 rings (SSSR count). The van der Waals surface area contributed by atoms with Gasteiger partial charge in [0, 0.05) is 18.3 Å². The van der Waals surface area contributed by atoms with Gasteiger partial charge in [-0.2, -0.15) is 5.26 Å². The molecule has 0 spiro atoms. The van der Waals surface area contributed by atoms with Gasteiger partial charge in [0.05, 0.1) is 24.8 Å². The van der Waals surface area contributed by atoms with Gasteiger partial charge in [-0.05, 0) is 74.2 Å². The summed E-state index contributed by atoms with van der Waals surface area (Å²) in [5.41, 5.74) is 3.16. The minimum absolute atomic E-state index is 0.297. The van der Waals surface area contributed by atoms with Crippen LogP contribution in [0.5, 0.6) is 5.75 Å². The zero-order valence-corrected chi connectivity index (χ0v) is 17.6. The Labute approximate surface area is 178 Å². The monoisotopic (exact) mass is 407 g/mol. The van der Waals surface area contributed by atoms with Crippen LogP contribution in [0.4, 0.5) is 5.69 Å². The van der Waals surface area contributed by atoms with Crippen molar-refractivity contribution in [1.29, 1.82) is 5.26 Å². The van der Waals surface area contributed by atoms with Crippen molar-refractivity contribution in [3.8, 4) is 11.8 Å². The molecule has 1 aliphatic rings. The molecule has 158 valence electrons. The number of rotatable bonds is 10. The summed E-state index contributed by atoms with van der Waals surface area (Å²) in [6.45, 7) is 5.31. The number of nitrogens with zero attached hydrogens (tertiary/aromatic N) is 1. The van der Waals surface area contributed by atoms with E-state index >= 15 is 0 Å². The third-order valence-electron chi connectivity index (χ3n) is 5.18. The molecule has 0 bridgehead atoms. The summed E-state index contributed by atoms with van der Waals surface area (Å²) in [7, 11) is 0. The zero-order chi connectivity index (χ0) is 21.3. The van der Waals surface area contributed by atoms with Crippen LogP contribution < -0.4 is 15.4 Å². The molecule has 2 aromatic rings. The van der Waals surface area contributed by atoms with Gasteiger partial charge in [-0.1, -0.05) is 12.5 Å². The predicted octanol–water partition coefficient (Wildman–Crippen LogP) is 4.32. The van der Waals surface area contributed by atoms with Crippen LogP contribution in [0.25, 0.3) is 0 Å². The van der Waals surface area contributed by atoms with Crippen molar-refractivity contribution in [2.75, 3.05) is 18.5 Å². The second-order valence-electron chi connectivity index (χ2n) is 7.37. The fraction of sp³-hybridized carbons (Fsp3) is 0.417. The van der Waals surface area contributed by atoms with Crippen LogP contribution in [0.1, 0.15) is 55.8 Å². The highest BCUT2D eigenvalue weighted by atomic mass is 16.5. The van der Waals surface area contributed by atoms with Gasteiger partial charge < -0.3 is 20.1 Å². The van der Waals surface area contributed by atoms with Crippen LogP contribution in [0.2, 0.25) is 0 Å². The lowest BCUT2D eigenvalue weighted by Gasteiger charge is -2.27. The molecule has 1 unspecified atom stereocenters. The summed E-state index contributed by atoms with van der Waals surface area (Å²) >= 11 is 0. The lowest BCUT2D eigenvalue weighted by atomic mass is 9.93. The largest absolute Gasteiger partial charge is 0.494 e. The topological polar surface area (TPSA) is 83.4 Å². The third-order valence-corrected chi connectivity index (χ3v) is 5.18. The number of benzene rings is 2. The van der Waals surface area contributed by atoms with Gasteiger partial charge in [0.2, 0.25) is 0 Å². The van der Waals surface area contributed by atoms with Gasteiger partial charge in [0.1, 0.15) is 5.75 Å². The van der Waals surface area contributed by atoms with Crippen molar-refractivity contribution in [3.05, 3.63) is 59.2 Å². The van der Waals surface area contributed by atoms with E-state index in [4.69, 9.17) is 14.7 Å². The molecule has 0 aromatic heterocycles. The first-order chi connectivity index (χ1) is 14.6. The Kier molecular flexibility index (Phi) is 7.69. The van der Waals surface area contributed by atoms with E-state index in [1.807, 2.05) is 25.1 Å². The Morgan fingerprint density at radius 3 is 2.53 bits per heavy atom. The smallest absolute Gasteiger partial charge is 0.333 e. The number of esters is 1. The second kappa shape index (κ2) is 10.7. The quantitative estimate of drug-likeness (QED) is 0.571. The molecular formula is C24H29N3O3. The molecule has 1 saturated carbocycles. The van der Waals surface area contributed by atoms with Gasteiger partial charge >= 0.3 is 5.97 Å². The summed E-state index contributed by atoms with van der Waals surface area (Å²) in [6.07, 6.45) is 3.70. The van der Waals surface area contributed by atoms with Crippen molar-refractivity contribution < 1.29 is 14.3 Å². The molecule has 2 aromatic carbocycles. The Balaban J connectivity index is 1.87. The molecule has 1 atom stereocenters. The summed E-state index contributed by atoms with van der Waals surface area (Å²) in [4.78, 5) is 12.8. The minimum Gasteiger partial charge on any atom is -0.494 e. The Hall–Kier alpha value is -3.04. The van der Waals surface area contributed by atoms with E-state index in [1.54, 1.807) is 31.2 Å². The number of ether oxygens (including phenoxy) is 2. The molecule has 1 fully saturated rings. The first kappa shape index (κ1) is 21.7. The van der Waals surface area contributed by atoms with E-state index in [9.17, 15) is 4.79 Å². The van der Waals surface area contributed by atoms with E-state index in [2.05, 4.69) is 16.7 Å². The van der Waals surface area contributed by atoms with Crippen LogP contribution in [0.3, 0.4) is 0 Å². The average Bonchev–Trinajstić information content (AvgIpc) is 2.71. The number of hydrogen-bond acceptors (Lipinski definition) is 6. The Morgan fingerprint density at radius 2 is 1.93 bits per heavy atom. The Morgan fingerprint density at radius 1 is 1.17 bits per heavy atom. The predicted molar refractivity (Wildman–Crippen MR) is 116 cm³/mol. The second-order valence-corrected chi connectivity index (χ2v) is 7.37. The van der Waals surface area contributed by atoms with Gasteiger partial charge in [0.15, 0.2) is 6.04 Å².